The molecule has 0 aromatic heterocycles. The summed E-state index contributed by atoms with van der Waals surface area (Å²) in [6, 6.07) is 0.240. The van der Waals surface area contributed by atoms with E-state index in [4.69, 9.17) is 5.73 Å². The zero-order valence-electron chi connectivity index (χ0n) is 7.35. The highest BCUT2D eigenvalue weighted by atomic mass is 16.3. The van der Waals surface area contributed by atoms with E-state index >= 15 is 0 Å². The normalized spacial score (nSPS) is 24.6. The van der Waals surface area contributed by atoms with E-state index in [1.54, 1.807) is 6.92 Å². The van der Waals surface area contributed by atoms with E-state index in [-0.39, 0.29) is 12.1 Å². The van der Waals surface area contributed by atoms with E-state index in [9.17, 15) is 5.11 Å². The Bertz CT molecular complexity index is 187. The van der Waals surface area contributed by atoms with Crippen LogP contribution in [0.1, 0.15) is 6.92 Å². The molecule has 1 heterocycles. The van der Waals surface area contributed by atoms with Crippen LogP contribution in [0.4, 0.5) is 0 Å². The Balaban J connectivity index is 2.50. The molecule has 3 heteroatoms. The van der Waals surface area contributed by atoms with Crippen molar-refractivity contribution in [1.29, 1.82) is 0 Å². The van der Waals surface area contributed by atoms with Gasteiger partial charge in [-0.25, -0.2) is 0 Å². The fourth-order valence-corrected chi connectivity index (χ4v) is 1.29. The van der Waals surface area contributed by atoms with Crippen LogP contribution in [0, 0.1) is 0 Å². The molecular weight excluding hydrogens is 152 g/mol. The Hall–Kier alpha value is -0.800. The highest BCUT2D eigenvalue weighted by Gasteiger charge is 2.13. The largest absolute Gasteiger partial charge is 0.392 e. The highest BCUT2D eigenvalue weighted by Crippen LogP contribution is 2.07. The molecule has 3 nitrogen and oxygen atoms in total. The van der Waals surface area contributed by atoms with Crippen LogP contribution < -0.4 is 5.73 Å². The van der Waals surface area contributed by atoms with Crippen molar-refractivity contribution in [2.45, 2.75) is 19.1 Å². The summed E-state index contributed by atoms with van der Waals surface area (Å²) in [6.45, 7) is 3.01. The number of hydrogen-bond acceptors (Lipinski definition) is 3. The topological polar surface area (TPSA) is 49.5 Å². The molecule has 0 fully saturated rings. The van der Waals surface area contributed by atoms with E-state index < -0.39 is 0 Å². The van der Waals surface area contributed by atoms with Crippen LogP contribution in [0.15, 0.2) is 24.4 Å². The Labute approximate surface area is 73.2 Å². The molecule has 0 saturated carbocycles. The second kappa shape index (κ2) is 4.28. The summed E-state index contributed by atoms with van der Waals surface area (Å²) in [7, 11) is 0. The lowest BCUT2D eigenvalue weighted by molar-refractivity contribution is 0.140. The first kappa shape index (κ1) is 9.29. The Kier molecular flexibility index (Phi) is 3.31. The zero-order chi connectivity index (χ0) is 8.97. The minimum absolute atomic E-state index is 0.240. The van der Waals surface area contributed by atoms with Gasteiger partial charge in [-0.05, 0) is 19.2 Å². The smallest absolute Gasteiger partial charge is 0.0687 e. The fraction of sp³-hybridized carbons (Fsp3) is 0.556. The summed E-state index contributed by atoms with van der Waals surface area (Å²) in [4.78, 5) is 2.05. The standard InChI is InChI=1S/C9H16N2O/c1-8(12)7-11-5-3-2-4-9(11)6-10/h2-5,8-9,12H,6-7,10H2,1H3. The third kappa shape index (κ3) is 2.36. The molecular formula is C9H16N2O. The maximum absolute atomic E-state index is 9.18. The quantitative estimate of drug-likeness (QED) is 0.627. The lowest BCUT2D eigenvalue weighted by atomic mass is 10.2. The monoisotopic (exact) mass is 168 g/mol. The van der Waals surface area contributed by atoms with Crippen LogP contribution in [0.3, 0.4) is 0 Å². The summed E-state index contributed by atoms with van der Waals surface area (Å²) in [5.41, 5.74) is 5.56. The molecule has 3 N–H and O–H groups in total. The van der Waals surface area contributed by atoms with E-state index in [0.717, 1.165) is 0 Å². The molecule has 1 aliphatic heterocycles. The number of nitrogens with zero attached hydrogens (tertiary/aromatic N) is 1. The van der Waals surface area contributed by atoms with E-state index in [1.165, 1.54) is 0 Å². The van der Waals surface area contributed by atoms with Crippen LogP contribution in [-0.2, 0) is 0 Å². The molecule has 1 aliphatic rings. The minimum Gasteiger partial charge on any atom is -0.392 e. The Morgan fingerprint density at radius 3 is 2.92 bits per heavy atom. The summed E-state index contributed by atoms with van der Waals surface area (Å²) < 4.78 is 0. The average Bonchev–Trinajstić information content (AvgIpc) is 2.04. The molecule has 2 atom stereocenters. The van der Waals surface area contributed by atoms with Crippen molar-refractivity contribution >= 4 is 0 Å². The van der Waals surface area contributed by atoms with Gasteiger partial charge in [0.05, 0.1) is 12.1 Å². The van der Waals surface area contributed by atoms with E-state index in [0.29, 0.717) is 13.1 Å². The third-order valence-electron chi connectivity index (χ3n) is 1.86. The first-order chi connectivity index (χ1) is 5.74. The molecule has 0 amide bonds. The molecule has 0 aliphatic carbocycles. The van der Waals surface area contributed by atoms with Crippen molar-refractivity contribution < 1.29 is 5.11 Å². The first-order valence-corrected chi connectivity index (χ1v) is 4.23. The second-order valence-corrected chi connectivity index (χ2v) is 3.08. The Morgan fingerprint density at radius 2 is 2.33 bits per heavy atom. The molecule has 0 bridgehead atoms. The summed E-state index contributed by atoms with van der Waals surface area (Å²) in [6.07, 6.45) is 7.63. The van der Waals surface area contributed by atoms with Gasteiger partial charge in [0.2, 0.25) is 0 Å². The molecule has 0 aromatic rings. The van der Waals surface area contributed by atoms with Gasteiger partial charge in [0.25, 0.3) is 0 Å². The van der Waals surface area contributed by atoms with Gasteiger partial charge >= 0.3 is 0 Å². The van der Waals surface area contributed by atoms with Crippen LogP contribution in [0.5, 0.6) is 0 Å². The first-order valence-electron chi connectivity index (χ1n) is 4.23. The molecule has 0 saturated heterocycles. The van der Waals surface area contributed by atoms with Gasteiger partial charge in [-0.2, -0.15) is 0 Å². The van der Waals surface area contributed by atoms with Crippen LogP contribution >= 0.6 is 0 Å². The molecule has 0 aromatic carbocycles. The van der Waals surface area contributed by atoms with Gasteiger partial charge < -0.3 is 15.7 Å². The van der Waals surface area contributed by atoms with Gasteiger partial charge in [-0.3, -0.25) is 0 Å². The van der Waals surface area contributed by atoms with Crippen molar-refractivity contribution in [3.05, 3.63) is 24.4 Å². The summed E-state index contributed by atoms with van der Waals surface area (Å²) >= 11 is 0. The maximum atomic E-state index is 9.18. The summed E-state index contributed by atoms with van der Waals surface area (Å²) in [5, 5.41) is 9.18. The number of allylic oxidation sites excluding steroid dienone is 2. The lowest BCUT2D eigenvalue weighted by Gasteiger charge is -2.30. The summed E-state index contributed by atoms with van der Waals surface area (Å²) in [5.74, 6) is 0. The highest BCUT2D eigenvalue weighted by molar-refractivity contribution is 5.13. The van der Waals surface area contributed by atoms with E-state index in [1.807, 2.05) is 29.3 Å². The predicted molar refractivity (Wildman–Crippen MR) is 49.5 cm³/mol. The fourth-order valence-electron chi connectivity index (χ4n) is 1.29. The van der Waals surface area contributed by atoms with Crippen molar-refractivity contribution in [3.8, 4) is 0 Å². The molecule has 12 heavy (non-hydrogen) atoms. The molecule has 0 spiro atoms. The maximum Gasteiger partial charge on any atom is 0.0687 e. The van der Waals surface area contributed by atoms with Crippen LogP contribution in [-0.4, -0.2) is 35.2 Å². The van der Waals surface area contributed by atoms with Crippen molar-refractivity contribution in [3.63, 3.8) is 0 Å². The zero-order valence-corrected chi connectivity index (χ0v) is 7.35. The lowest BCUT2D eigenvalue weighted by Crippen LogP contribution is -2.40. The van der Waals surface area contributed by atoms with Gasteiger partial charge in [0.1, 0.15) is 0 Å². The predicted octanol–water partition coefficient (Wildman–Crippen LogP) is 0.0800. The third-order valence-corrected chi connectivity index (χ3v) is 1.86. The minimum atomic E-state index is -0.310. The number of hydrogen-bond donors (Lipinski definition) is 2. The Morgan fingerprint density at radius 1 is 1.58 bits per heavy atom. The van der Waals surface area contributed by atoms with Crippen molar-refractivity contribution in [2.24, 2.45) is 5.73 Å². The van der Waals surface area contributed by atoms with Crippen molar-refractivity contribution in [2.75, 3.05) is 13.1 Å². The van der Waals surface area contributed by atoms with Crippen LogP contribution in [0.25, 0.3) is 0 Å². The molecule has 0 radical (unpaired) electrons. The molecule has 2 unspecified atom stereocenters. The number of aliphatic hydroxyl groups excluding tert-OH is 1. The van der Waals surface area contributed by atoms with Crippen molar-refractivity contribution in [1.82, 2.24) is 4.90 Å². The SMILES string of the molecule is CC(O)CN1C=CC=CC1CN. The van der Waals surface area contributed by atoms with E-state index in [2.05, 4.69) is 0 Å². The van der Waals surface area contributed by atoms with Gasteiger partial charge in [-0.1, -0.05) is 12.2 Å². The number of aliphatic hydroxyl groups is 1. The number of nitrogens with two attached hydrogens (primary N) is 1. The van der Waals surface area contributed by atoms with Gasteiger partial charge in [0, 0.05) is 13.1 Å². The van der Waals surface area contributed by atoms with Gasteiger partial charge in [0.15, 0.2) is 0 Å². The van der Waals surface area contributed by atoms with Crippen LogP contribution in [0.2, 0.25) is 0 Å². The molecule has 68 valence electrons. The van der Waals surface area contributed by atoms with Gasteiger partial charge in [-0.15, -0.1) is 0 Å². The number of rotatable bonds is 3. The number of β-amino-alcohol motifs (C(OH)–C–C–N with tert-alkyl or cyclic N) is 1. The second-order valence-electron chi connectivity index (χ2n) is 3.08. The molecule has 1 rings (SSSR count). The average molecular weight is 168 g/mol.